The number of carbonyl (C=O) groups is 2. The molecule has 1 N–H and O–H groups in total. The van der Waals surface area contributed by atoms with Crippen LogP contribution in [0, 0.1) is 0 Å². The largest absolute Gasteiger partial charge is 0.503 e. The van der Waals surface area contributed by atoms with Gasteiger partial charge in [-0.05, 0) is 31.0 Å². The van der Waals surface area contributed by atoms with Crippen LogP contribution in [0.4, 0.5) is 0 Å². The van der Waals surface area contributed by atoms with E-state index < -0.39 is 11.7 Å². The van der Waals surface area contributed by atoms with Crippen molar-refractivity contribution in [1.82, 2.24) is 4.90 Å². The molecule has 2 rings (SSSR count). The van der Waals surface area contributed by atoms with E-state index in [1.807, 2.05) is 38.1 Å². The molecule has 1 aliphatic heterocycles. The third-order valence-corrected chi connectivity index (χ3v) is 3.36. The summed E-state index contributed by atoms with van der Waals surface area (Å²) in [5, 5.41) is 9.79. The number of aliphatic hydroxyl groups excluding tert-OH is 1. The molecule has 5 nitrogen and oxygen atoms in total. The van der Waals surface area contributed by atoms with Gasteiger partial charge in [0.05, 0.1) is 7.11 Å². The van der Waals surface area contributed by atoms with Crippen LogP contribution in [0.15, 0.2) is 35.6 Å². The first kappa shape index (κ1) is 17.8. The topological polar surface area (TPSA) is 66.8 Å². The van der Waals surface area contributed by atoms with Crippen molar-refractivity contribution in [2.75, 3.05) is 13.7 Å². The number of amides is 1. The van der Waals surface area contributed by atoms with Gasteiger partial charge in [-0.2, -0.15) is 0 Å². The van der Waals surface area contributed by atoms with Gasteiger partial charge in [0.15, 0.2) is 11.5 Å². The predicted octanol–water partition coefficient (Wildman–Crippen LogP) is 2.85. The summed E-state index contributed by atoms with van der Waals surface area (Å²) >= 11 is 0. The number of methoxy groups -OCH3 is 1. The van der Waals surface area contributed by atoms with E-state index in [1.165, 1.54) is 11.8 Å². The first-order valence-electron chi connectivity index (χ1n) is 7.38. The van der Waals surface area contributed by atoms with Crippen LogP contribution >= 0.6 is 0 Å². The van der Waals surface area contributed by atoms with E-state index in [4.69, 9.17) is 4.74 Å². The Morgan fingerprint density at radius 2 is 1.86 bits per heavy atom. The summed E-state index contributed by atoms with van der Waals surface area (Å²) in [6, 6.07) is 7.38. The number of ketones is 1. The first-order chi connectivity index (χ1) is 10.5. The summed E-state index contributed by atoms with van der Waals surface area (Å²) < 4.78 is 5.07. The molecule has 0 atom stereocenters. The maximum absolute atomic E-state index is 12.0. The molecule has 1 aliphatic rings. The van der Waals surface area contributed by atoms with Gasteiger partial charge in [0, 0.05) is 18.7 Å². The zero-order valence-electron chi connectivity index (χ0n) is 13.5. The SMILES string of the molecule is CC.COc1ccc(CN2CCC(C(C)=O)=C(O)C2=O)cc1. The summed E-state index contributed by atoms with van der Waals surface area (Å²) in [5.41, 5.74) is 1.17. The highest BCUT2D eigenvalue weighted by atomic mass is 16.5. The molecule has 0 aliphatic carbocycles. The maximum Gasteiger partial charge on any atom is 0.289 e. The van der Waals surface area contributed by atoms with Gasteiger partial charge in [0.1, 0.15) is 5.75 Å². The van der Waals surface area contributed by atoms with Crippen LogP contribution in [0.25, 0.3) is 0 Å². The molecule has 22 heavy (non-hydrogen) atoms. The molecule has 0 unspecified atom stereocenters. The quantitative estimate of drug-likeness (QED) is 0.929. The summed E-state index contributed by atoms with van der Waals surface area (Å²) in [6.45, 7) is 6.19. The monoisotopic (exact) mass is 305 g/mol. The van der Waals surface area contributed by atoms with Crippen molar-refractivity contribution < 1.29 is 19.4 Å². The van der Waals surface area contributed by atoms with Crippen LogP contribution in [-0.2, 0) is 16.1 Å². The molecule has 0 saturated heterocycles. The van der Waals surface area contributed by atoms with E-state index in [-0.39, 0.29) is 11.4 Å². The second-order valence-electron chi connectivity index (χ2n) is 4.71. The van der Waals surface area contributed by atoms with Gasteiger partial charge in [0.25, 0.3) is 5.91 Å². The van der Waals surface area contributed by atoms with Gasteiger partial charge >= 0.3 is 0 Å². The van der Waals surface area contributed by atoms with Crippen LogP contribution in [0.2, 0.25) is 0 Å². The van der Waals surface area contributed by atoms with Crippen molar-refractivity contribution in [2.45, 2.75) is 33.7 Å². The van der Waals surface area contributed by atoms with E-state index >= 15 is 0 Å². The smallest absolute Gasteiger partial charge is 0.289 e. The molecule has 1 aromatic carbocycles. The number of aliphatic hydroxyl groups is 1. The third kappa shape index (κ3) is 4.10. The lowest BCUT2D eigenvalue weighted by molar-refractivity contribution is -0.132. The highest BCUT2D eigenvalue weighted by Gasteiger charge is 2.28. The average molecular weight is 305 g/mol. The summed E-state index contributed by atoms with van der Waals surface area (Å²) in [7, 11) is 1.59. The fraction of sp³-hybridized carbons (Fsp3) is 0.412. The second-order valence-corrected chi connectivity index (χ2v) is 4.71. The number of carbonyl (C=O) groups excluding carboxylic acids is 2. The lowest BCUT2D eigenvalue weighted by atomic mass is 10.0. The Morgan fingerprint density at radius 3 is 2.36 bits per heavy atom. The van der Waals surface area contributed by atoms with Crippen molar-refractivity contribution in [1.29, 1.82) is 0 Å². The Hall–Kier alpha value is -2.30. The van der Waals surface area contributed by atoms with Crippen LogP contribution in [0.5, 0.6) is 5.75 Å². The van der Waals surface area contributed by atoms with Gasteiger partial charge in [-0.15, -0.1) is 0 Å². The minimum atomic E-state index is -0.489. The molecule has 120 valence electrons. The minimum absolute atomic E-state index is 0.223. The van der Waals surface area contributed by atoms with Crippen molar-refractivity contribution in [3.63, 3.8) is 0 Å². The Labute approximate surface area is 131 Å². The van der Waals surface area contributed by atoms with E-state index in [1.54, 1.807) is 7.11 Å². The Kier molecular flexibility index (Phi) is 6.63. The van der Waals surface area contributed by atoms with E-state index in [0.717, 1.165) is 11.3 Å². The number of ether oxygens (including phenoxy) is 1. The molecule has 5 heteroatoms. The van der Waals surface area contributed by atoms with Crippen molar-refractivity contribution in [3.05, 3.63) is 41.2 Å². The van der Waals surface area contributed by atoms with Crippen LogP contribution in [-0.4, -0.2) is 35.4 Å². The summed E-state index contributed by atoms with van der Waals surface area (Å²) in [4.78, 5) is 24.8. The number of hydrogen-bond donors (Lipinski definition) is 1. The van der Waals surface area contributed by atoms with Gasteiger partial charge in [-0.25, -0.2) is 0 Å². The third-order valence-electron chi connectivity index (χ3n) is 3.36. The number of nitrogens with zero attached hydrogens (tertiary/aromatic N) is 1. The molecule has 1 aromatic rings. The van der Waals surface area contributed by atoms with Gasteiger partial charge in [0.2, 0.25) is 0 Å². The fourth-order valence-electron chi connectivity index (χ4n) is 2.19. The highest BCUT2D eigenvalue weighted by molar-refractivity contribution is 6.04. The van der Waals surface area contributed by atoms with Gasteiger partial charge < -0.3 is 14.7 Å². The molecule has 0 bridgehead atoms. The molecule has 0 saturated carbocycles. The van der Waals surface area contributed by atoms with Crippen molar-refractivity contribution >= 4 is 11.7 Å². The molecule has 0 fully saturated rings. The van der Waals surface area contributed by atoms with Crippen molar-refractivity contribution in [3.8, 4) is 5.75 Å². The van der Waals surface area contributed by atoms with Crippen LogP contribution < -0.4 is 4.74 Å². The van der Waals surface area contributed by atoms with E-state index in [2.05, 4.69) is 0 Å². The summed E-state index contributed by atoms with van der Waals surface area (Å²) in [5.74, 6) is -0.408. The lowest BCUT2D eigenvalue weighted by Gasteiger charge is -2.27. The number of benzene rings is 1. The molecule has 0 spiro atoms. The van der Waals surface area contributed by atoms with Crippen LogP contribution in [0.3, 0.4) is 0 Å². The molecular weight excluding hydrogens is 282 g/mol. The fourth-order valence-corrected chi connectivity index (χ4v) is 2.19. The molecule has 0 radical (unpaired) electrons. The number of Topliss-reactive ketones (excluding diaryl/α,β-unsaturated/α-hetero) is 1. The standard InChI is InChI=1S/C15H17NO4.C2H6/c1-10(17)13-7-8-16(15(19)14(13)18)9-11-3-5-12(20-2)6-4-11;1-2/h3-6,18H,7-9H2,1-2H3;1-2H3. The minimum Gasteiger partial charge on any atom is -0.503 e. The zero-order chi connectivity index (χ0) is 16.7. The van der Waals surface area contributed by atoms with Gasteiger partial charge in [-0.1, -0.05) is 26.0 Å². The Morgan fingerprint density at radius 1 is 1.27 bits per heavy atom. The molecular formula is C17H23NO4. The van der Waals surface area contributed by atoms with E-state index in [9.17, 15) is 14.7 Å². The van der Waals surface area contributed by atoms with E-state index in [0.29, 0.717) is 19.5 Å². The number of hydrogen-bond acceptors (Lipinski definition) is 4. The zero-order valence-corrected chi connectivity index (χ0v) is 13.5. The first-order valence-corrected chi connectivity index (χ1v) is 7.38. The molecule has 0 aromatic heterocycles. The Balaban J connectivity index is 0.00000116. The highest BCUT2D eigenvalue weighted by Crippen LogP contribution is 2.21. The maximum atomic E-state index is 12.0. The average Bonchev–Trinajstić information content (AvgIpc) is 2.54. The normalized spacial score (nSPS) is 14.4. The summed E-state index contributed by atoms with van der Waals surface area (Å²) in [6.07, 6.45) is 0.392. The lowest BCUT2D eigenvalue weighted by Crippen LogP contribution is -2.37. The molecule has 1 heterocycles. The van der Waals surface area contributed by atoms with Gasteiger partial charge in [-0.3, -0.25) is 9.59 Å². The number of rotatable bonds is 4. The van der Waals surface area contributed by atoms with Crippen LogP contribution in [0.1, 0.15) is 32.8 Å². The Bertz CT molecular complexity index is 561. The second kappa shape index (κ2) is 8.22. The van der Waals surface area contributed by atoms with Crippen molar-refractivity contribution in [2.24, 2.45) is 0 Å². The predicted molar refractivity (Wildman–Crippen MR) is 84.7 cm³/mol. The molecule has 1 amide bonds.